The van der Waals surface area contributed by atoms with E-state index in [1.165, 1.54) is 0 Å². The summed E-state index contributed by atoms with van der Waals surface area (Å²) < 4.78 is 0. The topological polar surface area (TPSA) is 86.6 Å². The largest absolute Gasteiger partial charge is 0.481 e. The number of carboxylic acid groups (broad SMARTS) is 1. The number of amides is 1. The van der Waals surface area contributed by atoms with E-state index in [2.05, 4.69) is 5.32 Å². The molecule has 0 heterocycles. The molecule has 0 saturated heterocycles. The first-order valence-corrected chi connectivity index (χ1v) is 7.14. The van der Waals surface area contributed by atoms with Crippen molar-refractivity contribution in [1.29, 1.82) is 0 Å². The monoisotopic (exact) mass is 291 g/mol. The highest BCUT2D eigenvalue weighted by Gasteiger charge is 2.39. The van der Waals surface area contributed by atoms with Gasteiger partial charge in [-0.05, 0) is 31.7 Å². The molecule has 1 aliphatic rings. The fourth-order valence-electron chi connectivity index (χ4n) is 2.52. The number of aliphatic carboxylic acids is 1. The van der Waals surface area contributed by atoms with E-state index < -0.39 is 17.0 Å². The first kappa shape index (κ1) is 15.5. The summed E-state index contributed by atoms with van der Waals surface area (Å²) in [5, 5.41) is 22.1. The van der Waals surface area contributed by atoms with Crippen molar-refractivity contribution in [2.75, 3.05) is 6.54 Å². The average molecular weight is 291 g/mol. The Bertz CT molecular complexity index is 524. The second kappa shape index (κ2) is 5.85. The molecule has 1 unspecified atom stereocenters. The quantitative estimate of drug-likeness (QED) is 0.740. The van der Waals surface area contributed by atoms with Gasteiger partial charge in [-0.3, -0.25) is 9.59 Å². The first-order chi connectivity index (χ1) is 9.86. The summed E-state index contributed by atoms with van der Waals surface area (Å²) in [6.07, 6.45) is 2.18. The summed E-state index contributed by atoms with van der Waals surface area (Å²) in [5.74, 6) is -1.39. The third-order valence-electron chi connectivity index (χ3n) is 4.30. The smallest absolute Gasteiger partial charge is 0.314 e. The van der Waals surface area contributed by atoms with Gasteiger partial charge < -0.3 is 15.5 Å². The van der Waals surface area contributed by atoms with Gasteiger partial charge in [0.2, 0.25) is 5.91 Å². The molecule has 1 aromatic rings. The van der Waals surface area contributed by atoms with E-state index in [1.54, 1.807) is 37.3 Å². The van der Waals surface area contributed by atoms with Gasteiger partial charge in [-0.25, -0.2) is 0 Å². The number of aliphatic hydroxyl groups is 1. The van der Waals surface area contributed by atoms with Gasteiger partial charge in [-0.1, -0.05) is 30.3 Å². The van der Waals surface area contributed by atoms with E-state index in [0.29, 0.717) is 18.4 Å². The number of hydrogen-bond acceptors (Lipinski definition) is 3. The van der Waals surface area contributed by atoms with Gasteiger partial charge in [0.25, 0.3) is 0 Å². The van der Waals surface area contributed by atoms with Gasteiger partial charge in [-0.15, -0.1) is 0 Å². The van der Waals surface area contributed by atoms with Crippen LogP contribution in [0.2, 0.25) is 0 Å². The molecule has 2 rings (SSSR count). The molecule has 1 fully saturated rings. The Morgan fingerprint density at radius 3 is 2.38 bits per heavy atom. The van der Waals surface area contributed by atoms with Crippen LogP contribution in [0.1, 0.15) is 38.2 Å². The molecule has 3 N–H and O–H groups in total. The van der Waals surface area contributed by atoms with Gasteiger partial charge >= 0.3 is 5.97 Å². The molecule has 0 bridgehead atoms. The van der Waals surface area contributed by atoms with Crippen molar-refractivity contribution < 1.29 is 19.8 Å². The van der Waals surface area contributed by atoms with Crippen LogP contribution in [0.15, 0.2) is 30.3 Å². The van der Waals surface area contributed by atoms with Crippen LogP contribution in [0.5, 0.6) is 0 Å². The Morgan fingerprint density at radius 2 is 1.90 bits per heavy atom. The number of nitrogens with one attached hydrogen (secondary N) is 1. The zero-order chi connectivity index (χ0) is 15.5. The van der Waals surface area contributed by atoms with Crippen LogP contribution in [0, 0.1) is 0 Å². The van der Waals surface area contributed by atoms with Crippen molar-refractivity contribution in [2.24, 2.45) is 0 Å². The summed E-state index contributed by atoms with van der Waals surface area (Å²) >= 11 is 0. The zero-order valence-electron chi connectivity index (χ0n) is 12.1. The van der Waals surface area contributed by atoms with Gasteiger partial charge in [0.1, 0.15) is 0 Å². The van der Waals surface area contributed by atoms with E-state index in [9.17, 15) is 19.8 Å². The second-order valence-corrected chi connectivity index (χ2v) is 6.03. The van der Waals surface area contributed by atoms with Crippen molar-refractivity contribution in [3.05, 3.63) is 35.9 Å². The summed E-state index contributed by atoms with van der Waals surface area (Å²) in [6.45, 7) is 1.73. The number of rotatable bonds is 6. The zero-order valence-corrected chi connectivity index (χ0v) is 12.1. The molecule has 21 heavy (non-hydrogen) atoms. The normalized spacial score (nSPS) is 19.1. The van der Waals surface area contributed by atoms with Crippen LogP contribution in [0.4, 0.5) is 0 Å². The minimum atomic E-state index is -1.27. The highest BCUT2D eigenvalue weighted by atomic mass is 16.4. The molecular formula is C16H21NO4. The minimum Gasteiger partial charge on any atom is -0.481 e. The molecule has 1 atom stereocenters. The predicted octanol–water partition coefficient (Wildman–Crippen LogP) is 1.45. The maximum absolute atomic E-state index is 12.0. The fraction of sp³-hybridized carbons (Fsp3) is 0.500. The van der Waals surface area contributed by atoms with Gasteiger partial charge in [-0.2, -0.15) is 0 Å². The highest BCUT2D eigenvalue weighted by molar-refractivity contribution is 5.89. The van der Waals surface area contributed by atoms with Crippen molar-refractivity contribution in [3.63, 3.8) is 0 Å². The fourth-order valence-corrected chi connectivity index (χ4v) is 2.52. The summed E-state index contributed by atoms with van der Waals surface area (Å²) in [6, 6.07) is 8.73. The summed E-state index contributed by atoms with van der Waals surface area (Å²) in [5.41, 5.74) is -1.48. The lowest BCUT2D eigenvalue weighted by Gasteiger charge is -2.36. The molecule has 1 saturated carbocycles. The number of benzene rings is 1. The maximum Gasteiger partial charge on any atom is 0.314 e. The van der Waals surface area contributed by atoms with Crippen molar-refractivity contribution in [2.45, 2.75) is 43.6 Å². The highest BCUT2D eigenvalue weighted by Crippen LogP contribution is 2.31. The lowest BCUT2D eigenvalue weighted by Crippen LogP contribution is -2.49. The molecule has 1 amide bonds. The van der Waals surface area contributed by atoms with Gasteiger partial charge in [0.05, 0.1) is 11.0 Å². The van der Waals surface area contributed by atoms with Crippen molar-refractivity contribution in [3.8, 4) is 0 Å². The molecule has 5 heteroatoms. The lowest BCUT2D eigenvalue weighted by molar-refractivity contribution is -0.145. The Kier molecular flexibility index (Phi) is 4.32. The molecule has 1 aliphatic carbocycles. The van der Waals surface area contributed by atoms with Crippen LogP contribution in [-0.2, 0) is 15.0 Å². The van der Waals surface area contributed by atoms with Crippen LogP contribution in [-0.4, -0.2) is 34.2 Å². The summed E-state index contributed by atoms with van der Waals surface area (Å²) in [7, 11) is 0. The lowest BCUT2D eigenvalue weighted by atomic mass is 9.78. The van der Waals surface area contributed by atoms with Crippen LogP contribution in [0.3, 0.4) is 0 Å². The van der Waals surface area contributed by atoms with E-state index in [1.807, 2.05) is 0 Å². The molecule has 114 valence electrons. The Morgan fingerprint density at radius 1 is 1.29 bits per heavy atom. The molecular weight excluding hydrogens is 270 g/mol. The molecule has 0 spiro atoms. The van der Waals surface area contributed by atoms with E-state index in [-0.39, 0.29) is 18.9 Å². The first-order valence-electron chi connectivity index (χ1n) is 7.14. The average Bonchev–Trinajstić information content (AvgIpc) is 2.43. The molecule has 0 aromatic heterocycles. The number of hydrogen-bond donors (Lipinski definition) is 3. The van der Waals surface area contributed by atoms with Gasteiger partial charge in [0, 0.05) is 13.0 Å². The number of carbonyl (C=O) groups excluding carboxylic acids is 1. The van der Waals surface area contributed by atoms with Crippen LogP contribution in [0.25, 0.3) is 0 Å². The summed E-state index contributed by atoms with van der Waals surface area (Å²) in [4.78, 5) is 23.6. The molecule has 5 nitrogen and oxygen atoms in total. The SMILES string of the molecule is CC(CC(=O)NCC1(O)CCC1)(C(=O)O)c1ccccc1. The van der Waals surface area contributed by atoms with E-state index >= 15 is 0 Å². The minimum absolute atomic E-state index is 0.150. The predicted molar refractivity (Wildman–Crippen MR) is 77.9 cm³/mol. The second-order valence-electron chi connectivity index (χ2n) is 6.03. The Hall–Kier alpha value is -1.88. The molecule has 1 aromatic carbocycles. The number of carbonyl (C=O) groups is 2. The van der Waals surface area contributed by atoms with Crippen molar-refractivity contribution in [1.82, 2.24) is 5.32 Å². The third-order valence-corrected chi connectivity index (χ3v) is 4.30. The van der Waals surface area contributed by atoms with Gasteiger partial charge in [0.15, 0.2) is 0 Å². The molecule has 0 radical (unpaired) electrons. The van der Waals surface area contributed by atoms with Crippen molar-refractivity contribution >= 4 is 11.9 Å². The Balaban J connectivity index is 2.02. The molecule has 0 aliphatic heterocycles. The van der Waals surface area contributed by atoms with E-state index in [4.69, 9.17) is 0 Å². The van der Waals surface area contributed by atoms with Crippen LogP contribution >= 0.6 is 0 Å². The maximum atomic E-state index is 12.0. The third kappa shape index (κ3) is 3.42. The number of carboxylic acids is 1. The van der Waals surface area contributed by atoms with Crippen LogP contribution < -0.4 is 5.32 Å². The Labute approximate surface area is 124 Å². The van der Waals surface area contributed by atoms with E-state index in [0.717, 1.165) is 6.42 Å². The standard InChI is InChI=1S/C16H21NO4/c1-15(14(19)20,12-6-3-2-4-7-12)10-13(18)17-11-16(21)8-5-9-16/h2-4,6-7,21H,5,8-11H2,1H3,(H,17,18)(H,19,20).